The van der Waals surface area contributed by atoms with Crippen LogP contribution in [0.2, 0.25) is 10.0 Å². The molecule has 9 heteroatoms. The molecule has 0 atom stereocenters. The van der Waals surface area contributed by atoms with Gasteiger partial charge in [0.15, 0.2) is 18.2 Å². The van der Waals surface area contributed by atoms with Gasteiger partial charge in [-0.3, -0.25) is 14.4 Å². The molecule has 0 spiro atoms. The summed E-state index contributed by atoms with van der Waals surface area (Å²) in [7, 11) is 0. The van der Waals surface area contributed by atoms with Gasteiger partial charge in [0.25, 0.3) is 5.91 Å². The van der Waals surface area contributed by atoms with E-state index in [-0.39, 0.29) is 24.1 Å². The van der Waals surface area contributed by atoms with Crippen molar-refractivity contribution in [1.29, 1.82) is 0 Å². The highest BCUT2D eigenvalue weighted by Gasteiger charge is 2.41. The highest BCUT2D eigenvalue weighted by Crippen LogP contribution is 2.48. The molecule has 2 aromatic carbocycles. The van der Waals surface area contributed by atoms with Gasteiger partial charge in [-0.05, 0) is 62.1 Å². The maximum atomic E-state index is 13.1. The SMILES string of the molecule is O=C(COc1ccc(Br)cc1C1C2=C(CCCC2=O)NC2=C1C(=O)CCC2)Nc1ccc(Cl)c(Cl)c1. The number of halogens is 3. The number of hydrogen-bond acceptors (Lipinski definition) is 5. The predicted molar refractivity (Wildman–Crippen MR) is 142 cm³/mol. The lowest BCUT2D eigenvalue weighted by atomic mass is 9.71. The second kappa shape index (κ2) is 10.4. The standard InChI is InChI=1S/C27H23BrCl2N2O4/c28-14-7-10-23(36-13-24(35)31-15-8-9-17(29)18(30)12-15)16(11-14)25-26-19(3-1-5-21(26)33)32-20-4-2-6-22(34)27(20)25/h7-12,25,32H,1-6,13H2,(H,31,35). The minimum atomic E-state index is -0.525. The van der Waals surface area contributed by atoms with Crippen LogP contribution in [-0.4, -0.2) is 24.1 Å². The summed E-state index contributed by atoms with van der Waals surface area (Å²) in [6.07, 6.45) is 3.99. The number of benzene rings is 2. The van der Waals surface area contributed by atoms with Gasteiger partial charge in [0, 0.05) is 57.0 Å². The van der Waals surface area contributed by atoms with E-state index < -0.39 is 5.92 Å². The number of nitrogens with one attached hydrogen (secondary N) is 2. The molecular formula is C27H23BrCl2N2O4. The van der Waals surface area contributed by atoms with Crippen LogP contribution in [0.25, 0.3) is 0 Å². The number of allylic oxidation sites excluding steroid dienone is 4. The number of hydrogen-bond donors (Lipinski definition) is 2. The van der Waals surface area contributed by atoms with Crippen molar-refractivity contribution in [1.82, 2.24) is 5.32 Å². The van der Waals surface area contributed by atoms with Crippen LogP contribution in [0.15, 0.2) is 63.4 Å². The molecule has 2 aromatic rings. The molecule has 36 heavy (non-hydrogen) atoms. The second-order valence-electron chi connectivity index (χ2n) is 9.04. The fraction of sp³-hybridized carbons (Fsp3) is 0.296. The number of ketones is 2. The number of dihydropyridines is 1. The van der Waals surface area contributed by atoms with Crippen molar-refractivity contribution in [2.75, 3.05) is 11.9 Å². The molecule has 6 nitrogen and oxygen atoms in total. The number of rotatable bonds is 5. The molecule has 0 saturated heterocycles. The van der Waals surface area contributed by atoms with E-state index in [2.05, 4.69) is 26.6 Å². The van der Waals surface area contributed by atoms with Gasteiger partial charge in [-0.2, -0.15) is 0 Å². The third-order valence-corrected chi connectivity index (χ3v) is 7.87. The molecule has 0 saturated carbocycles. The largest absolute Gasteiger partial charge is 0.483 e. The van der Waals surface area contributed by atoms with Crippen molar-refractivity contribution in [3.63, 3.8) is 0 Å². The fourth-order valence-corrected chi connectivity index (χ4v) is 5.76. The lowest BCUT2D eigenvalue weighted by Gasteiger charge is -2.37. The number of amides is 1. The van der Waals surface area contributed by atoms with Crippen LogP contribution < -0.4 is 15.4 Å². The monoisotopic (exact) mass is 588 g/mol. The average molecular weight is 590 g/mol. The van der Waals surface area contributed by atoms with Crippen molar-refractivity contribution in [2.24, 2.45) is 0 Å². The van der Waals surface area contributed by atoms with Crippen LogP contribution in [0.3, 0.4) is 0 Å². The number of carbonyl (C=O) groups is 3. The highest BCUT2D eigenvalue weighted by atomic mass is 79.9. The molecule has 3 aliphatic rings. The number of carbonyl (C=O) groups excluding carboxylic acids is 3. The average Bonchev–Trinajstić information content (AvgIpc) is 2.85. The van der Waals surface area contributed by atoms with Crippen LogP contribution in [0, 0.1) is 0 Å². The van der Waals surface area contributed by atoms with Crippen molar-refractivity contribution in [2.45, 2.75) is 44.4 Å². The van der Waals surface area contributed by atoms with Gasteiger partial charge >= 0.3 is 0 Å². The summed E-state index contributed by atoms with van der Waals surface area (Å²) < 4.78 is 6.77. The minimum absolute atomic E-state index is 0.0435. The smallest absolute Gasteiger partial charge is 0.262 e. The zero-order chi connectivity index (χ0) is 25.4. The summed E-state index contributed by atoms with van der Waals surface area (Å²) >= 11 is 15.5. The van der Waals surface area contributed by atoms with Gasteiger partial charge in [-0.25, -0.2) is 0 Å². The minimum Gasteiger partial charge on any atom is -0.483 e. The molecule has 5 rings (SSSR count). The molecule has 0 fully saturated rings. The molecule has 0 bridgehead atoms. The second-order valence-corrected chi connectivity index (χ2v) is 10.8. The molecule has 1 aliphatic heterocycles. The quantitative estimate of drug-likeness (QED) is 0.417. The van der Waals surface area contributed by atoms with Gasteiger partial charge in [0.1, 0.15) is 5.75 Å². The van der Waals surface area contributed by atoms with E-state index in [1.54, 1.807) is 24.3 Å². The van der Waals surface area contributed by atoms with Crippen molar-refractivity contribution in [3.05, 3.63) is 79.0 Å². The Morgan fingerprint density at radius 3 is 2.25 bits per heavy atom. The van der Waals surface area contributed by atoms with E-state index >= 15 is 0 Å². The zero-order valence-electron chi connectivity index (χ0n) is 19.3. The Labute approximate surface area is 227 Å². The number of ether oxygens (including phenoxy) is 1. The Bertz CT molecular complexity index is 1310. The van der Waals surface area contributed by atoms with Gasteiger partial charge in [0.2, 0.25) is 0 Å². The van der Waals surface area contributed by atoms with Crippen molar-refractivity contribution >= 4 is 62.3 Å². The van der Waals surface area contributed by atoms with E-state index in [0.29, 0.717) is 51.0 Å². The zero-order valence-corrected chi connectivity index (χ0v) is 22.4. The Morgan fingerprint density at radius 2 is 1.61 bits per heavy atom. The van der Waals surface area contributed by atoms with E-state index in [4.69, 9.17) is 27.9 Å². The summed E-state index contributed by atoms with van der Waals surface area (Å²) in [5.74, 6) is -0.369. The molecule has 186 valence electrons. The van der Waals surface area contributed by atoms with Gasteiger partial charge in [-0.1, -0.05) is 39.1 Å². The molecular weight excluding hydrogens is 567 g/mol. The van der Waals surface area contributed by atoms with Gasteiger partial charge in [0.05, 0.1) is 10.0 Å². The molecule has 0 radical (unpaired) electrons. The Balaban J connectivity index is 1.47. The van der Waals surface area contributed by atoms with Crippen LogP contribution in [0.4, 0.5) is 5.69 Å². The molecule has 2 N–H and O–H groups in total. The van der Waals surface area contributed by atoms with Crippen LogP contribution >= 0.6 is 39.1 Å². The first kappa shape index (κ1) is 25.1. The van der Waals surface area contributed by atoms with Crippen LogP contribution in [0.5, 0.6) is 5.75 Å². The van der Waals surface area contributed by atoms with E-state index in [1.165, 1.54) is 0 Å². The van der Waals surface area contributed by atoms with Crippen LogP contribution in [-0.2, 0) is 14.4 Å². The van der Waals surface area contributed by atoms with E-state index in [0.717, 1.165) is 41.6 Å². The Morgan fingerprint density at radius 1 is 0.944 bits per heavy atom. The van der Waals surface area contributed by atoms with Gasteiger partial charge < -0.3 is 15.4 Å². The summed E-state index contributed by atoms with van der Waals surface area (Å²) in [6.45, 7) is -0.264. The fourth-order valence-electron chi connectivity index (χ4n) is 5.08. The molecule has 2 aliphatic carbocycles. The lowest BCUT2D eigenvalue weighted by molar-refractivity contribution is -0.119. The summed E-state index contributed by atoms with van der Waals surface area (Å²) in [5.41, 5.74) is 4.26. The third-order valence-electron chi connectivity index (χ3n) is 6.64. The third kappa shape index (κ3) is 4.97. The number of anilines is 1. The highest BCUT2D eigenvalue weighted by molar-refractivity contribution is 9.10. The molecule has 1 amide bonds. The maximum Gasteiger partial charge on any atom is 0.262 e. The molecule has 1 heterocycles. The molecule has 0 unspecified atom stereocenters. The summed E-state index contributed by atoms with van der Waals surface area (Å²) in [4.78, 5) is 38.9. The van der Waals surface area contributed by atoms with Gasteiger partial charge in [-0.15, -0.1) is 0 Å². The van der Waals surface area contributed by atoms with Crippen molar-refractivity contribution < 1.29 is 19.1 Å². The van der Waals surface area contributed by atoms with E-state index in [9.17, 15) is 14.4 Å². The molecule has 0 aromatic heterocycles. The normalized spacial score (nSPS) is 18.0. The first-order chi connectivity index (χ1) is 17.3. The summed E-state index contributed by atoms with van der Waals surface area (Å²) in [5, 5.41) is 6.89. The van der Waals surface area contributed by atoms with E-state index in [1.807, 2.05) is 12.1 Å². The van der Waals surface area contributed by atoms with Crippen LogP contribution in [0.1, 0.15) is 50.0 Å². The van der Waals surface area contributed by atoms with Crippen molar-refractivity contribution in [3.8, 4) is 5.75 Å². The number of Topliss-reactive ketones (excluding diaryl/α,β-unsaturated/α-hetero) is 2. The first-order valence-electron chi connectivity index (χ1n) is 11.8. The topological polar surface area (TPSA) is 84.5 Å². The lowest BCUT2D eigenvalue weighted by Crippen LogP contribution is -2.36. The Hall–Kier alpha value is -2.61. The first-order valence-corrected chi connectivity index (χ1v) is 13.3. The predicted octanol–water partition coefficient (Wildman–Crippen LogP) is 6.47. The summed E-state index contributed by atoms with van der Waals surface area (Å²) in [6, 6.07) is 10.3. The maximum absolute atomic E-state index is 13.1. The Kier molecular flexibility index (Phi) is 7.24.